The number of thioether (sulfide) groups is 1. The van der Waals surface area contributed by atoms with Gasteiger partial charge in [-0.3, -0.25) is 0 Å². The van der Waals surface area contributed by atoms with Gasteiger partial charge in [0.05, 0.1) is 10.3 Å². The first-order chi connectivity index (χ1) is 8.70. The van der Waals surface area contributed by atoms with Crippen LogP contribution >= 0.6 is 58.7 Å². The molecule has 7 heteroatoms. The standard InChI is InChI=1S/C12H12Cl2N2S2.ClH/c13-8-1-2-9(14)11(7-8)18-10(3-4-15)12-16-5-6-17-12;/h1-2,5-7,10H,3-4,15H2;1H. The molecule has 1 aromatic heterocycles. The van der Waals surface area contributed by atoms with E-state index < -0.39 is 0 Å². The van der Waals surface area contributed by atoms with Crippen LogP contribution in [-0.2, 0) is 0 Å². The van der Waals surface area contributed by atoms with Gasteiger partial charge in [-0.25, -0.2) is 4.98 Å². The number of hydrogen-bond acceptors (Lipinski definition) is 4. The lowest BCUT2D eigenvalue weighted by Gasteiger charge is -2.14. The molecule has 0 radical (unpaired) electrons. The van der Waals surface area contributed by atoms with E-state index in [1.165, 1.54) is 0 Å². The lowest BCUT2D eigenvalue weighted by molar-refractivity contribution is 0.807. The number of benzene rings is 1. The van der Waals surface area contributed by atoms with Crippen molar-refractivity contribution in [2.45, 2.75) is 16.6 Å². The molecule has 1 unspecified atom stereocenters. The van der Waals surface area contributed by atoms with Gasteiger partial charge in [-0.2, -0.15) is 0 Å². The summed E-state index contributed by atoms with van der Waals surface area (Å²) in [6.07, 6.45) is 2.67. The minimum Gasteiger partial charge on any atom is -0.330 e. The van der Waals surface area contributed by atoms with Gasteiger partial charge < -0.3 is 5.73 Å². The van der Waals surface area contributed by atoms with Crippen LogP contribution < -0.4 is 5.73 Å². The van der Waals surface area contributed by atoms with Crippen LogP contribution in [-0.4, -0.2) is 11.5 Å². The molecule has 2 nitrogen and oxygen atoms in total. The van der Waals surface area contributed by atoms with E-state index in [0.29, 0.717) is 16.6 Å². The van der Waals surface area contributed by atoms with Crippen molar-refractivity contribution in [3.05, 3.63) is 44.8 Å². The SMILES string of the molecule is Cl.NCCC(Sc1cc(Cl)ccc1Cl)c1nccs1. The fraction of sp³-hybridized carbons (Fsp3) is 0.250. The molecule has 1 atom stereocenters. The van der Waals surface area contributed by atoms with Crippen LogP contribution in [0.1, 0.15) is 16.7 Å². The first kappa shape index (κ1) is 17.1. The van der Waals surface area contributed by atoms with Crippen LogP contribution in [0.4, 0.5) is 0 Å². The molecule has 19 heavy (non-hydrogen) atoms. The maximum absolute atomic E-state index is 6.17. The van der Waals surface area contributed by atoms with Gasteiger partial charge in [0.15, 0.2) is 0 Å². The summed E-state index contributed by atoms with van der Waals surface area (Å²) in [4.78, 5) is 5.32. The highest BCUT2D eigenvalue weighted by Crippen LogP contribution is 2.42. The highest BCUT2D eigenvalue weighted by Gasteiger charge is 2.16. The third-order valence-electron chi connectivity index (χ3n) is 2.32. The quantitative estimate of drug-likeness (QED) is 0.762. The Hall–Kier alpha value is 0.0300. The van der Waals surface area contributed by atoms with Crippen molar-refractivity contribution in [3.63, 3.8) is 0 Å². The van der Waals surface area contributed by atoms with E-state index in [2.05, 4.69) is 4.98 Å². The van der Waals surface area contributed by atoms with Crippen molar-refractivity contribution in [3.8, 4) is 0 Å². The van der Waals surface area contributed by atoms with Gasteiger partial charge in [0.2, 0.25) is 0 Å². The molecule has 0 fully saturated rings. The lowest BCUT2D eigenvalue weighted by atomic mass is 10.3. The average molecular weight is 356 g/mol. The van der Waals surface area contributed by atoms with Crippen molar-refractivity contribution in [1.82, 2.24) is 4.98 Å². The maximum Gasteiger partial charge on any atom is 0.106 e. The van der Waals surface area contributed by atoms with E-state index in [1.807, 2.05) is 23.7 Å². The number of hydrogen-bond donors (Lipinski definition) is 1. The zero-order chi connectivity index (χ0) is 13.0. The first-order valence-electron chi connectivity index (χ1n) is 5.42. The van der Waals surface area contributed by atoms with Gasteiger partial charge in [0, 0.05) is 21.5 Å². The molecule has 1 heterocycles. The number of thiazole rings is 1. The Kier molecular flexibility index (Phi) is 7.50. The highest BCUT2D eigenvalue weighted by molar-refractivity contribution is 7.99. The summed E-state index contributed by atoms with van der Waals surface area (Å²) < 4.78 is 0. The highest BCUT2D eigenvalue weighted by atomic mass is 35.5. The van der Waals surface area contributed by atoms with Crippen LogP contribution in [0.2, 0.25) is 10.0 Å². The second kappa shape index (κ2) is 8.35. The van der Waals surface area contributed by atoms with E-state index >= 15 is 0 Å². The molecule has 2 N–H and O–H groups in total. The Morgan fingerprint density at radius 3 is 2.79 bits per heavy atom. The molecule has 0 saturated carbocycles. The number of nitrogens with zero attached hydrogens (tertiary/aromatic N) is 1. The summed E-state index contributed by atoms with van der Waals surface area (Å²) in [6, 6.07) is 5.48. The summed E-state index contributed by atoms with van der Waals surface area (Å²) in [7, 11) is 0. The minimum absolute atomic E-state index is 0. The molecule has 104 valence electrons. The molecule has 0 aliphatic heterocycles. The number of rotatable bonds is 5. The molecule has 0 amide bonds. The molecule has 2 aromatic rings. The molecule has 0 saturated heterocycles. The predicted octanol–water partition coefficient (Wildman–Crippen LogP) is 5.05. The predicted molar refractivity (Wildman–Crippen MR) is 88.1 cm³/mol. The number of aromatic nitrogens is 1. The second-order valence-electron chi connectivity index (χ2n) is 3.63. The van der Waals surface area contributed by atoms with E-state index in [1.54, 1.807) is 29.2 Å². The lowest BCUT2D eigenvalue weighted by Crippen LogP contribution is -2.04. The topological polar surface area (TPSA) is 38.9 Å². The second-order valence-corrected chi connectivity index (χ2v) is 6.64. The average Bonchev–Trinajstić information content (AvgIpc) is 2.87. The van der Waals surface area contributed by atoms with Crippen molar-refractivity contribution in [2.75, 3.05) is 6.54 Å². The van der Waals surface area contributed by atoms with Gasteiger partial charge in [-0.05, 0) is 31.2 Å². The molecule has 0 aliphatic carbocycles. The van der Waals surface area contributed by atoms with Crippen LogP contribution in [0.5, 0.6) is 0 Å². The smallest absolute Gasteiger partial charge is 0.106 e. The molecule has 2 rings (SSSR count). The minimum atomic E-state index is 0. The Morgan fingerprint density at radius 1 is 1.37 bits per heavy atom. The largest absolute Gasteiger partial charge is 0.330 e. The third-order valence-corrected chi connectivity index (χ3v) is 5.37. The summed E-state index contributed by atoms with van der Waals surface area (Å²) in [5, 5.41) is 4.67. The zero-order valence-electron chi connectivity index (χ0n) is 9.88. The molecular weight excluding hydrogens is 343 g/mol. The fourth-order valence-electron chi connectivity index (χ4n) is 1.50. The van der Waals surface area contributed by atoms with E-state index in [9.17, 15) is 0 Å². The molecule has 1 aromatic carbocycles. The Labute approximate surface area is 137 Å². The molecule has 0 aliphatic rings. The molecular formula is C12H13Cl3N2S2. The van der Waals surface area contributed by atoms with Gasteiger partial charge >= 0.3 is 0 Å². The van der Waals surface area contributed by atoms with Crippen molar-refractivity contribution >= 4 is 58.7 Å². The van der Waals surface area contributed by atoms with Gasteiger partial charge in [0.25, 0.3) is 0 Å². The number of halogens is 3. The van der Waals surface area contributed by atoms with Crippen LogP contribution in [0.15, 0.2) is 34.7 Å². The van der Waals surface area contributed by atoms with Gasteiger partial charge in [-0.1, -0.05) is 23.2 Å². The monoisotopic (exact) mass is 354 g/mol. The van der Waals surface area contributed by atoms with E-state index in [0.717, 1.165) is 16.3 Å². The van der Waals surface area contributed by atoms with Crippen LogP contribution in [0.25, 0.3) is 0 Å². The zero-order valence-corrected chi connectivity index (χ0v) is 13.8. The van der Waals surface area contributed by atoms with Gasteiger partial charge in [-0.15, -0.1) is 35.5 Å². The Balaban J connectivity index is 0.00000180. The molecule has 0 spiro atoms. The molecule has 0 bridgehead atoms. The summed E-state index contributed by atoms with van der Waals surface area (Å²) in [5.74, 6) is 0. The van der Waals surface area contributed by atoms with Crippen molar-refractivity contribution < 1.29 is 0 Å². The van der Waals surface area contributed by atoms with E-state index in [-0.39, 0.29) is 17.7 Å². The Morgan fingerprint density at radius 2 is 2.16 bits per heavy atom. The summed E-state index contributed by atoms with van der Waals surface area (Å²) in [5.41, 5.74) is 5.66. The maximum atomic E-state index is 6.17. The van der Waals surface area contributed by atoms with E-state index in [4.69, 9.17) is 28.9 Å². The number of nitrogens with two attached hydrogens (primary N) is 1. The normalized spacial score (nSPS) is 11.9. The van der Waals surface area contributed by atoms with Crippen LogP contribution in [0.3, 0.4) is 0 Å². The third kappa shape index (κ3) is 4.81. The van der Waals surface area contributed by atoms with Gasteiger partial charge in [0.1, 0.15) is 5.01 Å². The summed E-state index contributed by atoms with van der Waals surface area (Å²) in [6.45, 7) is 0.620. The van der Waals surface area contributed by atoms with Crippen LogP contribution in [0, 0.1) is 0 Å². The fourth-order valence-corrected chi connectivity index (χ4v) is 4.05. The van der Waals surface area contributed by atoms with Crippen molar-refractivity contribution in [1.29, 1.82) is 0 Å². The first-order valence-corrected chi connectivity index (χ1v) is 7.93. The Bertz CT molecular complexity index is 506. The van der Waals surface area contributed by atoms with Crippen molar-refractivity contribution in [2.24, 2.45) is 5.73 Å². The summed E-state index contributed by atoms with van der Waals surface area (Å²) >= 11 is 15.5.